The van der Waals surface area contributed by atoms with E-state index in [2.05, 4.69) is 0 Å². The summed E-state index contributed by atoms with van der Waals surface area (Å²) in [7, 11) is 0. The Morgan fingerprint density at radius 3 is 2.88 bits per heavy atom. The maximum Gasteiger partial charge on any atom is 0.303 e. The van der Waals surface area contributed by atoms with E-state index in [-0.39, 0.29) is 5.97 Å². The molecule has 0 aromatic heterocycles. The highest BCUT2D eigenvalue weighted by molar-refractivity contribution is 5.66. The molecule has 1 aliphatic rings. The number of carbonyl (C=O) groups excluding carboxylic acids is 2. The van der Waals surface area contributed by atoms with E-state index in [0.29, 0.717) is 12.9 Å². The highest BCUT2D eigenvalue weighted by Gasteiger charge is 2.35. The summed E-state index contributed by atoms with van der Waals surface area (Å²) in [5, 5.41) is 0. The summed E-state index contributed by atoms with van der Waals surface area (Å²) in [4.78, 5) is 21.4. The molecular formula is C12H12O4. The summed E-state index contributed by atoms with van der Waals surface area (Å²) in [5.41, 5.74) is 1.98. The molecule has 0 bridgehead atoms. The van der Waals surface area contributed by atoms with Crippen LogP contribution in [0.2, 0.25) is 0 Å². The van der Waals surface area contributed by atoms with Gasteiger partial charge in [0.15, 0.2) is 6.10 Å². The zero-order valence-corrected chi connectivity index (χ0v) is 8.88. The Morgan fingerprint density at radius 2 is 2.19 bits per heavy atom. The van der Waals surface area contributed by atoms with E-state index in [4.69, 9.17) is 9.47 Å². The highest BCUT2D eigenvalue weighted by Crippen LogP contribution is 2.35. The molecule has 0 aliphatic heterocycles. The molecule has 2 unspecified atom stereocenters. The fourth-order valence-electron chi connectivity index (χ4n) is 2.03. The van der Waals surface area contributed by atoms with E-state index < -0.39 is 12.2 Å². The van der Waals surface area contributed by atoms with Crippen LogP contribution >= 0.6 is 0 Å². The normalized spacial score (nSPS) is 22.3. The van der Waals surface area contributed by atoms with Gasteiger partial charge in [-0.25, -0.2) is 0 Å². The first-order valence-corrected chi connectivity index (χ1v) is 5.06. The summed E-state index contributed by atoms with van der Waals surface area (Å²) < 4.78 is 10.1. The van der Waals surface area contributed by atoms with Crippen LogP contribution in [0.1, 0.15) is 24.2 Å². The summed E-state index contributed by atoms with van der Waals surface area (Å²) in [6, 6.07) is 7.61. The average molecular weight is 220 g/mol. The Morgan fingerprint density at radius 1 is 1.44 bits per heavy atom. The Hall–Kier alpha value is -1.84. The van der Waals surface area contributed by atoms with Gasteiger partial charge < -0.3 is 9.47 Å². The van der Waals surface area contributed by atoms with Crippen molar-refractivity contribution in [3.05, 3.63) is 35.4 Å². The molecule has 0 amide bonds. The predicted molar refractivity (Wildman–Crippen MR) is 55.6 cm³/mol. The molecule has 2 atom stereocenters. The van der Waals surface area contributed by atoms with Crippen molar-refractivity contribution in [2.45, 2.75) is 25.6 Å². The number of hydrogen-bond acceptors (Lipinski definition) is 4. The van der Waals surface area contributed by atoms with E-state index in [1.165, 1.54) is 6.92 Å². The average Bonchev–Trinajstić information content (AvgIpc) is 2.57. The number of esters is 1. The molecule has 1 aromatic rings. The van der Waals surface area contributed by atoms with Gasteiger partial charge in [0.2, 0.25) is 0 Å². The lowest BCUT2D eigenvalue weighted by Crippen LogP contribution is -2.22. The molecule has 84 valence electrons. The number of fused-ring (bicyclic) bond motifs is 1. The van der Waals surface area contributed by atoms with Gasteiger partial charge in [0, 0.05) is 13.3 Å². The maximum atomic E-state index is 11.0. The predicted octanol–water partition coefficient (Wildman–Crippen LogP) is 1.39. The summed E-state index contributed by atoms with van der Waals surface area (Å²) in [5.74, 6) is -0.374. The van der Waals surface area contributed by atoms with Crippen LogP contribution in [0.5, 0.6) is 0 Å². The third-order valence-electron chi connectivity index (χ3n) is 2.64. The lowest BCUT2D eigenvalue weighted by Gasteiger charge is -2.18. The van der Waals surface area contributed by atoms with E-state index in [1.54, 1.807) is 0 Å². The lowest BCUT2D eigenvalue weighted by atomic mass is 10.1. The van der Waals surface area contributed by atoms with Crippen LogP contribution < -0.4 is 0 Å². The van der Waals surface area contributed by atoms with Gasteiger partial charge in [-0.1, -0.05) is 24.3 Å². The van der Waals surface area contributed by atoms with Gasteiger partial charge >= 0.3 is 5.97 Å². The van der Waals surface area contributed by atoms with E-state index >= 15 is 0 Å². The molecule has 0 saturated heterocycles. The molecule has 0 heterocycles. The standard InChI is InChI=1S/C12H12O4/c1-8(14)16-12-10-5-3-2-4-9(10)6-11(12)15-7-13/h2-5,7,11-12H,6H2,1H3. The van der Waals surface area contributed by atoms with Gasteiger partial charge in [-0.3, -0.25) is 9.59 Å². The van der Waals surface area contributed by atoms with E-state index in [0.717, 1.165) is 11.1 Å². The number of rotatable bonds is 3. The van der Waals surface area contributed by atoms with Gasteiger partial charge in [0.1, 0.15) is 6.10 Å². The van der Waals surface area contributed by atoms with Gasteiger partial charge in [-0.05, 0) is 11.1 Å². The van der Waals surface area contributed by atoms with Crippen LogP contribution in [-0.2, 0) is 25.5 Å². The first-order chi connectivity index (χ1) is 7.72. The zero-order chi connectivity index (χ0) is 11.5. The minimum absolute atomic E-state index is 0.374. The Balaban J connectivity index is 2.27. The van der Waals surface area contributed by atoms with Crippen molar-refractivity contribution in [3.63, 3.8) is 0 Å². The largest absolute Gasteiger partial charge is 0.460 e. The number of carbonyl (C=O) groups is 2. The smallest absolute Gasteiger partial charge is 0.303 e. The number of hydrogen-bond donors (Lipinski definition) is 0. The molecule has 0 spiro atoms. The molecule has 0 saturated carbocycles. The third kappa shape index (κ3) is 1.91. The Bertz CT molecular complexity index is 413. The SMILES string of the molecule is CC(=O)OC1c2ccccc2CC1OC=O. The second-order valence-corrected chi connectivity index (χ2v) is 3.70. The van der Waals surface area contributed by atoms with E-state index in [1.807, 2.05) is 24.3 Å². The van der Waals surface area contributed by atoms with Crippen LogP contribution in [0, 0.1) is 0 Å². The molecule has 0 fully saturated rings. The first kappa shape index (κ1) is 10.7. The molecule has 1 aliphatic carbocycles. The third-order valence-corrected chi connectivity index (χ3v) is 2.64. The molecule has 16 heavy (non-hydrogen) atoms. The summed E-state index contributed by atoms with van der Waals surface area (Å²) in [6.07, 6.45) is -0.287. The van der Waals surface area contributed by atoms with Crippen LogP contribution in [0.3, 0.4) is 0 Å². The molecular weight excluding hydrogens is 208 g/mol. The monoisotopic (exact) mass is 220 g/mol. The molecule has 2 rings (SSSR count). The fraction of sp³-hybridized carbons (Fsp3) is 0.333. The maximum absolute atomic E-state index is 11.0. The minimum Gasteiger partial charge on any atom is -0.460 e. The van der Waals surface area contributed by atoms with Crippen molar-refractivity contribution in [3.8, 4) is 0 Å². The Kier molecular flexibility index (Phi) is 2.90. The van der Waals surface area contributed by atoms with Crippen molar-refractivity contribution in [2.24, 2.45) is 0 Å². The fourth-order valence-corrected chi connectivity index (χ4v) is 2.03. The van der Waals surface area contributed by atoms with Gasteiger partial charge in [0.05, 0.1) is 0 Å². The molecule has 1 aromatic carbocycles. The quantitative estimate of drug-likeness (QED) is 0.570. The second kappa shape index (κ2) is 4.35. The van der Waals surface area contributed by atoms with Crippen molar-refractivity contribution in [2.75, 3.05) is 0 Å². The number of ether oxygens (including phenoxy) is 2. The van der Waals surface area contributed by atoms with Crippen molar-refractivity contribution in [1.29, 1.82) is 0 Å². The van der Waals surface area contributed by atoms with Gasteiger partial charge in [-0.2, -0.15) is 0 Å². The highest BCUT2D eigenvalue weighted by atomic mass is 16.6. The molecule has 0 radical (unpaired) electrons. The molecule has 0 N–H and O–H groups in total. The molecule has 4 heteroatoms. The van der Waals surface area contributed by atoms with Crippen LogP contribution in [0.25, 0.3) is 0 Å². The van der Waals surface area contributed by atoms with Gasteiger partial charge in [0.25, 0.3) is 6.47 Å². The summed E-state index contributed by atoms with van der Waals surface area (Å²) in [6.45, 7) is 1.74. The first-order valence-electron chi connectivity index (χ1n) is 5.06. The zero-order valence-electron chi connectivity index (χ0n) is 8.88. The van der Waals surface area contributed by atoms with Crippen molar-refractivity contribution in [1.82, 2.24) is 0 Å². The van der Waals surface area contributed by atoms with Crippen LogP contribution in [0.15, 0.2) is 24.3 Å². The minimum atomic E-state index is -0.473. The van der Waals surface area contributed by atoms with E-state index in [9.17, 15) is 9.59 Å². The van der Waals surface area contributed by atoms with Crippen LogP contribution in [0.4, 0.5) is 0 Å². The molecule has 4 nitrogen and oxygen atoms in total. The topological polar surface area (TPSA) is 52.6 Å². The summed E-state index contributed by atoms with van der Waals surface area (Å²) >= 11 is 0. The Labute approximate surface area is 93.2 Å². The lowest BCUT2D eigenvalue weighted by molar-refractivity contribution is -0.158. The number of benzene rings is 1. The van der Waals surface area contributed by atoms with Gasteiger partial charge in [-0.15, -0.1) is 0 Å². The second-order valence-electron chi connectivity index (χ2n) is 3.70. The van der Waals surface area contributed by atoms with Crippen molar-refractivity contribution >= 4 is 12.4 Å². The van der Waals surface area contributed by atoms with Crippen molar-refractivity contribution < 1.29 is 19.1 Å². The van der Waals surface area contributed by atoms with Crippen LogP contribution in [-0.4, -0.2) is 18.5 Å².